The highest BCUT2D eigenvalue weighted by Gasteiger charge is 2.34. The molecule has 1 aliphatic rings. The Bertz CT molecular complexity index is 574. The Labute approximate surface area is 125 Å². The second-order valence-electron chi connectivity index (χ2n) is 4.98. The van der Waals surface area contributed by atoms with Gasteiger partial charge in [-0.15, -0.1) is 0 Å². The van der Waals surface area contributed by atoms with Gasteiger partial charge in [0.25, 0.3) is 0 Å². The van der Waals surface area contributed by atoms with E-state index in [-0.39, 0.29) is 19.1 Å². The predicted octanol–water partition coefficient (Wildman–Crippen LogP) is 0.353. The first-order chi connectivity index (χ1) is 10.0. The lowest BCUT2D eigenvalue weighted by Crippen LogP contribution is -2.37. The molecule has 2 rings (SSSR count). The minimum Gasteiger partial charge on any atom is -0.367 e. The molecule has 21 heavy (non-hydrogen) atoms. The summed E-state index contributed by atoms with van der Waals surface area (Å²) in [6.07, 6.45) is 0.466. The molecule has 116 valence electrons. The number of carbonyl (C=O) groups is 1. The smallest absolute Gasteiger partial charge is 0.248 e. The van der Waals surface area contributed by atoms with Crippen molar-refractivity contribution in [1.29, 1.82) is 0 Å². The van der Waals surface area contributed by atoms with Crippen molar-refractivity contribution in [2.75, 3.05) is 26.7 Å². The van der Waals surface area contributed by atoms with Crippen LogP contribution in [0.15, 0.2) is 30.3 Å². The van der Waals surface area contributed by atoms with Crippen LogP contribution in [0.5, 0.6) is 0 Å². The first-order valence-corrected chi connectivity index (χ1v) is 8.39. The number of hydrogen-bond acceptors (Lipinski definition) is 4. The van der Waals surface area contributed by atoms with Crippen LogP contribution in [-0.4, -0.2) is 51.2 Å². The van der Waals surface area contributed by atoms with Crippen LogP contribution in [0.4, 0.5) is 0 Å². The predicted molar refractivity (Wildman–Crippen MR) is 79.1 cm³/mol. The molecule has 1 aromatic carbocycles. The molecule has 1 atom stereocenters. The van der Waals surface area contributed by atoms with E-state index in [4.69, 9.17) is 4.74 Å². The lowest BCUT2D eigenvalue weighted by molar-refractivity contribution is -0.135. The minimum absolute atomic E-state index is 0.0266. The Morgan fingerprint density at radius 1 is 1.38 bits per heavy atom. The van der Waals surface area contributed by atoms with E-state index in [0.717, 1.165) is 5.56 Å². The van der Waals surface area contributed by atoms with Crippen LogP contribution < -0.4 is 4.72 Å². The van der Waals surface area contributed by atoms with Crippen LogP contribution in [0, 0.1) is 0 Å². The van der Waals surface area contributed by atoms with Gasteiger partial charge in [0.1, 0.15) is 6.61 Å². The maximum Gasteiger partial charge on any atom is 0.248 e. The van der Waals surface area contributed by atoms with Crippen molar-refractivity contribution in [1.82, 2.24) is 9.62 Å². The van der Waals surface area contributed by atoms with E-state index in [9.17, 15) is 13.2 Å². The number of rotatable bonds is 6. The molecule has 1 aromatic rings. The molecule has 0 aliphatic carbocycles. The highest BCUT2D eigenvalue weighted by Crippen LogP contribution is 2.16. The number of benzene rings is 1. The van der Waals surface area contributed by atoms with E-state index >= 15 is 0 Å². The maximum absolute atomic E-state index is 12.0. The lowest BCUT2D eigenvalue weighted by atomic mass is 10.2. The molecule has 1 fully saturated rings. The lowest BCUT2D eigenvalue weighted by Gasteiger charge is -2.16. The summed E-state index contributed by atoms with van der Waals surface area (Å²) in [4.78, 5) is 13.5. The van der Waals surface area contributed by atoms with Crippen molar-refractivity contribution >= 4 is 15.9 Å². The van der Waals surface area contributed by atoms with Gasteiger partial charge in [-0.3, -0.25) is 4.79 Å². The first-order valence-electron chi connectivity index (χ1n) is 6.84. The molecule has 0 spiro atoms. The van der Waals surface area contributed by atoms with Crippen molar-refractivity contribution in [2.45, 2.75) is 18.3 Å². The van der Waals surface area contributed by atoms with E-state index in [1.54, 1.807) is 4.90 Å². The fourth-order valence-electron chi connectivity index (χ4n) is 2.30. The van der Waals surface area contributed by atoms with Gasteiger partial charge in [0.2, 0.25) is 15.9 Å². The summed E-state index contributed by atoms with van der Waals surface area (Å²) in [5.41, 5.74) is 1.00. The molecule has 6 nitrogen and oxygen atoms in total. The normalized spacial score (nSPS) is 18.9. The fraction of sp³-hybridized carbons (Fsp3) is 0.500. The van der Waals surface area contributed by atoms with Gasteiger partial charge < -0.3 is 9.64 Å². The van der Waals surface area contributed by atoms with E-state index in [1.807, 2.05) is 30.3 Å². The molecule has 1 heterocycles. The Morgan fingerprint density at radius 3 is 2.76 bits per heavy atom. The zero-order chi connectivity index (χ0) is 15.3. The second-order valence-corrected chi connectivity index (χ2v) is 7.14. The van der Waals surface area contributed by atoms with E-state index < -0.39 is 15.3 Å². The quantitative estimate of drug-likeness (QED) is 0.822. The largest absolute Gasteiger partial charge is 0.367 e. The molecular weight excluding hydrogens is 292 g/mol. The van der Waals surface area contributed by atoms with Gasteiger partial charge >= 0.3 is 0 Å². The van der Waals surface area contributed by atoms with Gasteiger partial charge in [0.05, 0.1) is 11.9 Å². The van der Waals surface area contributed by atoms with Crippen molar-refractivity contribution in [3.63, 3.8) is 0 Å². The number of hydrogen-bond donors (Lipinski definition) is 1. The number of nitrogens with one attached hydrogen (secondary N) is 1. The Morgan fingerprint density at radius 2 is 2.10 bits per heavy atom. The molecule has 0 radical (unpaired) electrons. The summed E-state index contributed by atoms with van der Waals surface area (Å²) >= 11 is 0. The number of sulfonamides is 1. The van der Waals surface area contributed by atoms with Crippen molar-refractivity contribution < 1.29 is 17.9 Å². The summed E-state index contributed by atoms with van der Waals surface area (Å²) in [5.74, 6) is -0.167. The molecule has 0 saturated carbocycles. The number of amides is 1. The molecule has 1 aliphatic heterocycles. The van der Waals surface area contributed by atoms with Gasteiger partial charge in [-0.2, -0.15) is 0 Å². The molecule has 0 aromatic heterocycles. The molecular formula is C14H20N2O4S. The van der Waals surface area contributed by atoms with Crippen LogP contribution in [0.3, 0.4) is 0 Å². The monoisotopic (exact) mass is 312 g/mol. The maximum atomic E-state index is 12.0. The summed E-state index contributed by atoms with van der Waals surface area (Å²) in [5, 5.41) is -0.527. The summed E-state index contributed by atoms with van der Waals surface area (Å²) < 4.78 is 31.1. The van der Waals surface area contributed by atoms with Crippen LogP contribution in [0.2, 0.25) is 0 Å². The average molecular weight is 312 g/mol. The fourth-order valence-corrected chi connectivity index (χ4v) is 3.42. The zero-order valence-corrected chi connectivity index (χ0v) is 12.8. The Kier molecular flexibility index (Phi) is 5.33. The highest BCUT2D eigenvalue weighted by molar-refractivity contribution is 7.90. The van der Waals surface area contributed by atoms with Crippen LogP contribution in [-0.2, 0) is 26.2 Å². The summed E-state index contributed by atoms with van der Waals surface area (Å²) in [6, 6.07) is 9.59. The van der Waals surface area contributed by atoms with E-state index in [2.05, 4.69) is 4.72 Å². The van der Waals surface area contributed by atoms with Crippen LogP contribution >= 0.6 is 0 Å². The summed E-state index contributed by atoms with van der Waals surface area (Å²) in [6.45, 7) is 1.04. The topological polar surface area (TPSA) is 75.7 Å². The Balaban J connectivity index is 1.77. The zero-order valence-electron chi connectivity index (χ0n) is 12.0. The molecule has 1 unspecified atom stereocenters. The van der Waals surface area contributed by atoms with Gasteiger partial charge in [0, 0.05) is 13.1 Å². The van der Waals surface area contributed by atoms with Crippen molar-refractivity contribution in [3.05, 3.63) is 35.9 Å². The number of nitrogens with zero attached hydrogens (tertiary/aromatic N) is 1. The third kappa shape index (κ3) is 4.26. The van der Waals surface area contributed by atoms with Gasteiger partial charge in [-0.05, 0) is 19.0 Å². The highest BCUT2D eigenvalue weighted by atomic mass is 32.2. The third-order valence-corrected chi connectivity index (χ3v) is 5.39. The third-order valence-electron chi connectivity index (χ3n) is 3.56. The number of likely N-dealkylation sites (tertiary alicyclic amines) is 1. The summed E-state index contributed by atoms with van der Waals surface area (Å²) in [7, 11) is -1.92. The molecule has 7 heteroatoms. The molecule has 1 N–H and O–H groups in total. The number of carbonyl (C=O) groups excluding carboxylic acids is 1. The second kappa shape index (κ2) is 7.02. The molecule has 1 saturated heterocycles. The van der Waals surface area contributed by atoms with Gasteiger partial charge in [0.15, 0.2) is 0 Å². The number of ether oxygens (including phenoxy) is 1. The average Bonchev–Trinajstić information content (AvgIpc) is 2.99. The van der Waals surface area contributed by atoms with Crippen molar-refractivity contribution in [2.24, 2.45) is 0 Å². The van der Waals surface area contributed by atoms with E-state index in [0.29, 0.717) is 19.6 Å². The SMILES string of the molecule is CNS(=O)(=O)C1CCN(C(=O)COCc2ccccc2)C1. The van der Waals surface area contributed by atoms with Crippen LogP contribution in [0.1, 0.15) is 12.0 Å². The molecule has 0 bridgehead atoms. The van der Waals surface area contributed by atoms with Crippen LogP contribution in [0.25, 0.3) is 0 Å². The van der Waals surface area contributed by atoms with Gasteiger partial charge in [-0.1, -0.05) is 30.3 Å². The standard InChI is InChI=1S/C14H20N2O4S/c1-15-21(18,19)13-7-8-16(9-13)14(17)11-20-10-12-5-3-2-4-6-12/h2-6,13,15H,7-11H2,1H3. The Hall–Kier alpha value is -1.44. The van der Waals surface area contributed by atoms with Gasteiger partial charge in [-0.25, -0.2) is 13.1 Å². The van der Waals surface area contributed by atoms with Crippen molar-refractivity contribution in [3.8, 4) is 0 Å². The van der Waals surface area contributed by atoms with E-state index in [1.165, 1.54) is 7.05 Å². The molecule has 1 amide bonds. The minimum atomic E-state index is -3.31. The first kappa shape index (κ1) is 15.9.